The van der Waals surface area contributed by atoms with Crippen molar-refractivity contribution in [2.75, 3.05) is 13.2 Å². The Balaban J connectivity index is 2.10. The Labute approximate surface area is 162 Å². The molecule has 0 unspecified atom stereocenters. The fourth-order valence-electron chi connectivity index (χ4n) is 3.34. The van der Waals surface area contributed by atoms with Gasteiger partial charge in [-0.1, -0.05) is 48.5 Å². The molecule has 0 amide bonds. The van der Waals surface area contributed by atoms with Crippen molar-refractivity contribution in [1.82, 2.24) is 0 Å². The molecule has 0 heterocycles. The SMILES string of the molecule is O=S(=O)([O-])OCCc1c2ccccc2c(CCOS(=O)(=O)[O-])c2ccccc12. The maximum Gasteiger partial charge on any atom is 0.217 e. The van der Waals surface area contributed by atoms with Gasteiger partial charge in [0.25, 0.3) is 0 Å². The van der Waals surface area contributed by atoms with Crippen molar-refractivity contribution in [1.29, 1.82) is 0 Å². The van der Waals surface area contributed by atoms with E-state index in [1.807, 2.05) is 48.5 Å². The fraction of sp³-hybridized carbons (Fsp3) is 0.222. The van der Waals surface area contributed by atoms with Gasteiger partial charge in [0, 0.05) is 0 Å². The van der Waals surface area contributed by atoms with Crippen LogP contribution in [0.3, 0.4) is 0 Å². The largest absolute Gasteiger partial charge is 0.726 e. The molecular formula is C18H16O8S2-2. The van der Waals surface area contributed by atoms with E-state index >= 15 is 0 Å². The molecule has 10 heteroatoms. The lowest BCUT2D eigenvalue weighted by Crippen LogP contribution is -2.09. The third kappa shape index (κ3) is 5.04. The van der Waals surface area contributed by atoms with E-state index in [-0.39, 0.29) is 26.1 Å². The molecule has 0 spiro atoms. The van der Waals surface area contributed by atoms with Gasteiger partial charge in [-0.15, -0.1) is 0 Å². The number of hydrogen-bond acceptors (Lipinski definition) is 8. The van der Waals surface area contributed by atoms with Crippen LogP contribution in [-0.4, -0.2) is 39.2 Å². The topological polar surface area (TPSA) is 133 Å². The Morgan fingerprint density at radius 2 is 0.893 bits per heavy atom. The first kappa shape index (κ1) is 20.6. The van der Waals surface area contributed by atoms with Crippen LogP contribution in [0.2, 0.25) is 0 Å². The van der Waals surface area contributed by atoms with E-state index in [2.05, 4.69) is 8.37 Å². The van der Waals surface area contributed by atoms with Crippen LogP contribution in [0.15, 0.2) is 48.5 Å². The minimum absolute atomic E-state index is 0.189. The van der Waals surface area contributed by atoms with E-state index in [4.69, 9.17) is 0 Å². The van der Waals surface area contributed by atoms with Gasteiger partial charge in [-0.05, 0) is 45.5 Å². The summed E-state index contributed by atoms with van der Waals surface area (Å²) in [6, 6.07) is 14.6. The van der Waals surface area contributed by atoms with Crippen LogP contribution >= 0.6 is 0 Å². The van der Waals surface area contributed by atoms with Gasteiger partial charge in [-0.3, -0.25) is 8.37 Å². The highest BCUT2D eigenvalue weighted by Gasteiger charge is 2.14. The summed E-state index contributed by atoms with van der Waals surface area (Å²) in [6.07, 6.45) is 0.377. The summed E-state index contributed by atoms with van der Waals surface area (Å²) in [5.41, 5.74) is 1.60. The zero-order chi connectivity index (χ0) is 20.4. The maximum absolute atomic E-state index is 10.7. The summed E-state index contributed by atoms with van der Waals surface area (Å²) in [7, 11) is -9.58. The first-order valence-corrected chi connectivity index (χ1v) is 10.9. The van der Waals surface area contributed by atoms with Crippen LogP contribution in [0.25, 0.3) is 21.5 Å². The van der Waals surface area contributed by atoms with Crippen molar-refractivity contribution >= 4 is 42.3 Å². The van der Waals surface area contributed by atoms with E-state index in [0.29, 0.717) is 0 Å². The second kappa shape index (κ2) is 8.11. The summed E-state index contributed by atoms with van der Waals surface area (Å²) in [5, 5.41) is 3.25. The van der Waals surface area contributed by atoms with Crippen molar-refractivity contribution in [2.24, 2.45) is 0 Å². The van der Waals surface area contributed by atoms with Gasteiger partial charge >= 0.3 is 0 Å². The quantitative estimate of drug-likeness (QED) is 0.305. The van der Waals surface area contributed by atoms with Crippen LogP contribution in [0.5, 0.6) is 0 Å². The molecule has 0 radical (unpaired) electrons. The first-order chi connectivity index (χ1) is 13.2. The molecule has 3 aromatic rings. The lowest BCUT2D eigenvalue weighted by molar-refractivity contribution is 0.263. The fourth-order valence-corrected chi connectivity index (χ4v) is 3.91. The summed E-state index contributed by atoms with van der Waals surface area (Å²) < 4.78 is 73.1. The van der Waals surface area contributed by atoms with Crippen LogP contribution in [0.1, 0.15) is 11.1 Å². The zero-order valence-electron chi connectivity index (χ0n) is 14.5. The molecular weight excluding hydrogens is 408 g/mol. The molecule has 150 valence electrons. The highest BCUT2D eigenvalue weighted by molar-refractivity contribution is 7.81. The van der Waals surface area contributed by atoms with Crippen molar-refractivity contribution in [3.8, 4) is 0 Å². The number of rotatable bonds is 8. The van der Waals surface area contributed by atoms with Gasteiger partial charge < -0.3 is 9.11 Å². The molecule has 3 aromatic carbocycles. The Morgan fingerprint density at radius 1 is 0.607 bits per heavy atom. The molecule has 0 aliphatic heterocycles. The summed E-state index contributed by atoms with van der Waals surface area (Å²) in [6.45, 7) is -0.590. The first-order valence-electron chi connectivity index (χ1n) is 8.27. The smallest absolute Gasteiger partial charge is 0.217 e. The molecule has 3 rings (SSSR count). The third-order valence-electron chi connectivity index (χ3n) is 4.31. The van der Waals surface area contributed by atoms with Crippen molar-refractivity contribution < 1.29 is 34.3 Å². The van der Waals surface area contributed by atoms with Crippen LogP contribution in [0.4, 0.5) is 0 Å². The van der Waals surface area contributed by atoms with Crippen LogP contribution in [0, 0.1) is 0 Å². The van der Waals surface area contributed by atoms with E-state index < -0.39 is 20.8 Å². The second-order valence-electron chi connectivity index (χ2n) is 6.01. The second-order valence-corrected chi connectivity index (χ2v) is 8.11. The lowest BCUT2D eigenvalue weighted by atomic mass is 9.89. The Morgan fingerprint density at radius 3 is 1.14 bits per heavy atom. The molecule has 8 nitrogen and oxygen atoms in total. The minimum Gasteiger partial charge on any atom is -0.726 e. The molecule has 0 atom stereocenters. The highest BCUT2D eigenvalue weighted by Crippen LogP contribution is 2.33. The van der Waals surface area contributed by atoms with Crippen molar-refractivity contribution in [3.63, 3.8) is 0 Å². The average molecular weight is 424 g/mol. The summed E-state index contributed by atoms with van der Waals surface area (Å²) >= 11 is 0. The Hall–Kier alpha value is -2.08. The molecule has 0 saturated carbocycles. The van der Waals surface area contributed by atoms with E-state index in [0.717, 1.165) is 32.7 Å². The molecule has 0 aromatic heterocycles. The summed E-state index contributed by atoms with van der Waals surface area (Å²) in [4.78, 5) is 0. The Bertz CT molecular complexity index is 1060. The monoisotopic (exact) mass is 424 g/mol. The van der Waals surface area contributed by atoms with E-state index in [1.54, 1.807) is 0 Å². The number of benzene rings is 3. The zero-order valence-corrected chi connectivity index (χ0v) is 16.2. The van der Waals surface area contributed by atoms with Crippen molar-refractivity contribution in [2.45, 2.75) is 12.8 Å². The minimum atomic E-state index is -4.79. The predicted molar refractivity (Wildman–Crippen MR) is 100 cm³/mol. The van der Waals surface area contributed by atoms with Gasteiger partial charge in [0.05, 0.1) is 13.2 Å². The van der Waals surface area contributed by atoms with Gasteiger partial charge in [0.15, 0.2) is 0 Å². The van der Waals surface area contributed by atoms with Gasteiger partial charge in [-0.25, -0.2) is 16.8 Å². The highest BCUT2D eigenvalue weighted by atomic mass is 32.3. The maximum atomic E-state index is 10.7. The number of fused-ring (bicyclic) bond motifs is 2. The normalized spacial score (nSPS) is 12.6. The molecule has 28 heavy (non-hydrogen) atoms. The van der Waals surface area contributed by atoms with Crippen molar-refractivity contribution in [3.05, 3.63) is 59.7 Å². The molecule has 0 aliphatic carbocycles. The van der Waals surface area contributed by atoms with Crippen LogP contribution < -0.4 is 0 Å². The predicted octanol–water partition coefficient (Wildman–Crippen LogP) is 2.03. The number of hydrogen-bond donors (Lipinski definition) is 0. The van der Waals surface area contributed by atoms with E-state index in [1.165, 1.54) is 0 Å². The summed E-state index contributed by atoms with van der Waals surface area (Å²) in [5.74, 6) is 0. The standard InChI is InChI=1S/C18H18O8S2/c19-27(20,21)25-11-9-17-13-5-1-2-6-14(13)18(10-12-26-28(22,23)24)16-8-4-3-7-15(16)17/h1-8H,9-12H2,(H,19,20,21)(H,22,23,24)/p-2. The third-order valence-corrected chi connectivity index (χ3v) is 5.22. The van der Waals surface area contributed by atoms with Gasteiger partial charge in [-0.2, -0.15) is 0 Å². The molecule has 0 saturated heterocycles. The molecule has 0 fully saturated rings. The molecule has 0 aliphatic rings. The van der Waals surface area contributed by atoms with Gasteiger partial charge in [0.2, 0.25) is 20.8 Å². The average Bonchev–Trinajstić information content (AvgIpc) is 2.61. The molecule has 0 bridgehead atoms. The van der Waals surface area contributed by atoms with E-state index in [9.17, 15) is 25.9 Å². The van der Waals surface area contributed by atoms with Gasteiger partial charge in [0.1, 0.15) is 0 Å². The van der Waals surface area contributed by atoms with Crippen LogP contribution in [-0.2, 0) is 42.0 Å². The Kier molecular flexibility index (Phi) is 5.98. The molecule has 0 N–H and O–H groups in total. The lowest BCUT2D eigenvalue weighted by Gasteiger charge is -2.17.